The van der Waals surface area contributed by atoms with Crippen LogP contribution in [-0.4, -0.2) is 37.6 Å². The van der Waals surface area contributed by atoms with Crippen molar-refractivity contribution >= 4 is 11.9 Å². The third-order valence-electron chi connectivity index (χ3n) is 2.33. The standard InChI is InChI=1S/C10H18N2O3/c1-2-15-10(14)5-6-11-8-3-4-9(13)12-7-8/h8,11H,2-7H2,1H3,(H,12,13). The van der Waals surface area contributed by atoms with Gasteiger partial charge in [0, 0.05) is 25.6 Å². The molecular formula is C10H18N2O3. The maximum absolute atomic E-state index is 11.0. The fourth-order valence-corrected chi connectivity index (χ4v) is 1.52. The van der Waals surface area contributed by atoms with Crippen LogP contribution in [0.15, 0.2) is 0 Å². The van der Waals surface area contributed by atoms with E-state index in [0.29, 0.717) is 32.5 Å². The van der Waals surface area contributed by atoms with Crippen molar-refractivity contribution in [2.75, 3.05) is 19.7 Å². The van der Waals surface area contributed by atoms with Crippen LogP contribution in [0.5, 0.6) is 0 Å². The van der Waals surface area contributed by atoms with Crippen LogP contribution < -0.4 is 10.6 Å². The molecule has 1 unspecified atom stereocenters. The molecule has 0 aliphatic carbocycles. The average Bonchev–Trinajstić information content (AvgIpc) is 2.21. The molecule has 1 amide bonds. The Hall–Kier alpha value is -1.10. The van der Waals surface area contributed by atoms with Gasteiger partial charge in [-0.3, -0.25) is 9.59 Å². The molecule has 1 fully saturated rings. The molecule has 5 heteroatoms. The molecule has 0 saturated carbocycles. The zero-order valence-electron chi connectivity index (χ0n) is 9.04. The van der Waals surface area contributed by atoms with E-state index in [0.717, 1.165) is 6.42 Å². The van der Waals surface area contributed by atoms with Crippen LogP contribution in [0, 0.1) is 0 Å². The highest BCUT2D eigenvalue weighted by atomic mass is 16.5. The number of hydrogen-bond donors (Lipinski definition) is 2. The molecule has 0 aromatic rings. The van der Waals surface area contributed by atoms with Gasteiger partial charge in [-0.25, -0.2) is 0 Å². The monoisotopic (exact) mass is 214 g/mol. The summed E-state index contributed by atoms with van der Waals surface area (Å²) in [5, 5.41) is 5.99. The van der Waals surface area contributed by atoms with Crippen LogP contribution in [0.3, 0.4) is 0 Å². The third-order valence-corrected chi connectivity index (χ3v) is 2.33. The second-order valence-corrected chi connectivity index (χ2v) is 3.55. The Kier molecular flexibility index (Phi) is 5.10. The Balaban J connectivity index is 2.05. The van der Waals surface area contributed by atoms with Gasteiger partial charge in [-0.15, -0.1) is 0 Å². The van der Waals surface area contributed by atoms with Crippen molar-refractivity contribution < 1.29 is 14.3 Å². The van der Waals surface area contributed by atoms with E-state index in [1.54, 1.807) is 6.92 Å². The Morgan fingerprint density at radius 1 is 1.67 bits per heavy atom. The van der Waals surface area contributed by atoms with Crippen LogP contribution in [0.25, 0.3) is 0 Å². The Morgan fingerprint density at radius 2 is 2.47 bits per heavy atom. The van der Waals surface area contributed by atoms with E-state index in [9.17, 15) is 9.59 Å². The second kappa shape index (κ2) is 6.40. The molecule has 0 bridgehead atoms. The van der Waals surface area contributed by atoms with Gasteiger partial charge in [-0.05, 0) is 13.3 Å². The zero-order chi connectivity index (χ0) is 11.1. The van der Waals surface area contributed by atoms with Gasteiger partial charge in [0.1, 0.15) is 0 Å². The van der Waals surface area contributed by atoms with E-state index in [4.69, 9.17) is 4.74 Å². The average molecular weight is 214 g/mol. The lowest BCUT2D eigenvalue weighted by Crippen LogP contribution is -2.46. The molecule has 1 atom stereocenters. The van der Waals surface area contributed by atoms with Gasteiger partial charge >= 0.3 is 5.97 Å². The number of carbonyl (C=O) groups is 2. The van der Waals surface area contributed by atoms with Crippen molar-refractivity contribution in [2.24, 2.45) is 0 Å². The largest absolute Gasteiger partial charge is 0.466 e. The van der Waals surface area contributed by atoms with Gasteiger partial charge in [-0.1, -0.05) is 0 Å². The predicted molar refractivity (Wildman–Crippen MR) is 55.3 cm³/mol. The topological polar surface area (TPSA) is 67.4 Å². The number of nitrogens with one attached hydrogen (secondary N) is 2. The highest BCUT2D eigenvalue weighted by molar-refractivity contribution is 5.76. The lowest BCUT2D eigenvalue weighted by molar-refractivity contribution is -0.143. The fraction of sp³-hybridized carbons (Fsp3) is 0.800. The summed E-state index contributed by atoms with van der Waals surface area (Å²) in [6.45, 7) is 3.49. The molecule has 2 N–H and O–H groups in total. The first-order valence-electron chi connectivity index (χ1n) is 5.38. The molecule has 0 radical (unpaired) electrons. The number of rotatable bonds is 5. The second-order valence-electron chi connectivity index (χ2n) is 3.55. The van der Waals surface area contributed by atoms with E-state index in [-0.39, 0.29) is 17.9 Å². The summed E-state index contributed by atoms with van der Waals surface area (Å²) >= 11 is 0. The van der Waals surface area contributed by atoms with Crippen molar-refractivity contribution in [3.05, 3.63) is 0 Å². The summed E-state index contributed by atoms with van der Waals surface area (Å²) in [6, 6.07) is 0.289. The van der Waals surface area contributed by atoms with Gasteiger partial charge in [-0.2, -0.15) is 0 Å². The van der Waals surface area contributed by atoms with Gasteiger partial charge in [0.15, 0.2) is 0 Å². The number of esters is 1. The predicted octanol–water partition coefficient (Wildman–Crippen LogP) is -0.192. The van der Waals surface area contributed by atoms with Gasteiger partial charge in [0.05, 0.1) is 13.0 Å². The van der Waals surface area contributed by atoms with Crippen LogP contribution in [-0.2, 0) is 14.3 Å². The minimum Gasteiger partial charge on any atom is -0.466 e. The summed E-state index contributed by atoms with van der Waals surface area (Å²) in [7, 11) is 0. The van der Waals surface area contributed by atoms with E-state index < -0.39 is 0 Å². The zero-order valence-corrected chi connectivity index (χ0v) is 9.04. The Morgan fingerprint density at radius 3 is 3.07 bits per heavy atom. The first-order chi connectivity index (χ1) is 7.22. The van der Waals surface area contributed by atoms with Crippen molar-refractivity contribution in [3.8, 4) is 0 Å². The lowest BCUT2D eigenvalue weighted by Gasteiger charge is -2.23. The number of ether oxygens (including phenoxy) is 1. The van der Waals surface area contributed by atoms with Crippen molar-refractivity contribution in [3.63, 3.8) is 0 Å². The van der Waals surface area contributed by atoms with Gasteiger partial charge in [0.25, 0.3) is 0 Å². The van der Waals surface area contributed by atoms with Gasteiger partial charge < -0.3 is 15.4 Å². The first kappa shape index (κ1) is 12.0. The van der Waals surface area contributed by atoms with Crippen molar-refractivity contribution in [2.45, 2.75) is 32.2 Å². The molecule has 0 aromatic carbocycles. The summed E-state index contributed by atoms with van der Waals surface area (Å²) in [5.41, 5.74) is 0. The maximum atomic E-state index is 11.0. The highest BCUT2D eigenvalue weighted by Crippen LogP contribution is 2.02. The number of hydrogen-bond acceptors (Lipinski definition) is 4. The summed E-state index contributed by atoms with van der Waals surface area (Å²) in [4.78, 5) is 21.9. The summed E-state index contributed by atoms with van der Waals surface area (Å²) in [6.07, 6.45) is 1.80. The molecule has 5 nitrogen and oxygen atoms in total. The molecule has 1 saturated heterocycles. The number of amides is 1. The quantitative estimate of drug-likeness (QED) is 0.622. The number of piperidine rings is 1. The molecule has 86 valence electrons. The van der Waals surface area contributed by atoms with E-state index in [2.05, 4.69) is 10.6 Å². The molecular weight excluding hydrogens is 196 g/mol. The minimum atomic E-state index is -0.176. The van der Waals surface area contributed by atoms with Crippen molar-refractivity contribution in [1.82, 2.24) is 10.6 Å². The SMILES string of the molecule is CCOC(=O)CCNC1CCC(=O)NC1. The molecule has 1 heterocycles. The third kappa shape index (κ3) is 4.78. The molecule has 15 heavy (non-hydrogen) atoms. The summed E-state index contributed by atoms with van der Waals surface area (Å²) in [5.74, 6) is -0.0664. The normalized spacial score (nSPS) is 20.9. The van der Waals surface area contributed by atoms with Crippen LogP contribution in [0.2, 0.25) is 0 Å². The Labute approximate surface area is 89.6 Å². The smallest absolute Gasteiger partial charge is 0.307 e. The van der Waals surface area contributed by atoms with E-state index >= 15 is 0 Å². The number of carbonyl (C=O) groups excluding carboxylic acids is 2. The van der Waals surface area contributed by atoms with E-state index in [1.807, 2.05) is 0 Å². The highest BCUT2D eigenvalue weighted by Gasteiger charge is 2.17. The first-order valence-corrected chi connectivity index (χ1v) is 5.38. The van der Waals surface area contributed by atoms with Crippen molar-refractivity contribution in [1.29, 1.82) is 0 Å². The molecule has 0 aromatic heterocycles. The molecule has 1 aliphatic heterocycles. The molecule has 0 spiro atoms. The minimum absolute atomic E-state index is 0.110. The summed E-state index contributed by atoms with van der Waals surface area (Å²) < 4.78 is 4.80. The fourth-order valence-electron chi connectivity index (χ4n) is 1.52. The molecule has 1 rings (SSSR count). The maximum Gasteiger partial charge on any atom is 0.307 e. The van der Waals surface area contributed by atoms with Crippen LogP contribution in [0.1, 0.15) is 26.2 Å². The lowest BCUT2D eigenvalue weighted by atomic mass is 10.1. The van der Waals surface area contributed by atoms with E-state index in [1.165, 1.54) is 0 Å². The van der Waals surface area contributed by atoms with Gasteiger partial charge in [0.2, 0.25) is 5.91 Å². The Bertz CT molecular complexity index is 221. The van der Waals surface area contributed by atoms with Crippen LogP contribution >= 0.6 is 0 Å². The molecule has 1 aliphatic rings. The van der Waals surface area contributed by atoms with Crippen LogP contribution in [0.4, 0.5) is 0 Å².